The summed E-state index contributed by atoms with van der Waals surface area (Å²) in [5, 5.41) is 29.2. The van der Waals surface area contributed by atoms with Gasteiger partial charge in [-0.1, -0.05) is 0 Å². The zero-order valence-corrected chi connectivity index (χ0v) is 9.38. The second-order valence-electron chi connectivity index (χ2n) is 5.76. The van der Waals surface area contributed by atoms with Gasteiger partial charge in [0.2, 0.25) is 0 Å². The van der Waals surface area contributed by atoms with Crippen LogP contribution < -0.4 is 0 Å². The van der Waals surface area contributed by atoms with Gasteiger partial charge in [-0.25, -0.2) is 0 Å². The summed E-state index contributed by atoms with van der Waals surface area (Å²) in [6, 6.07) is 0. The zero-order chi connectivity index (χ0) is 11.3. The van der Waals surface area contributed by atoms with Crippen molar-refractivity contribution in [2.24, 2.45) is 11.8 Å². The first-order valence-corrected chi connectivity index (χ1v) is 6.31. The van der Waals surface area contributed by atoms with Gasteiger partial charge in [-0.3, -0.25) is 0 Å². The van der Waals surface area contributed by atoms with E-state index in [0.29, 0.717) is 12.8 Å². The normalized spacial score (nSPS) is 49.3. The quantitative estimate of drug-likeness (QED) is 0.654. The van der Waals surface area contributed by atoms with E-state index in [-0.39, 0.29) is 24.0 Å². The first-order valence-electron chi connectivity index (χ1n) is 6.31. The van der Waals surface area contributed by atoms with Crippen molar-refractivity contribution in [2.75, 3.05) is 0 Å². The van der Waals surface area contributed by atoms with Crippen LogP contribution in [0.2, 0.25) is 0 Å². The number of hydrogen-bond donors (Lipinski definition) is 3. The highest BCUT2D eigenvalue weighted by molar-refractivity contribution is 4.99. The zero-order valence-electron chi connectivity index (χ0n) is 9.38. The summed E-state index contributed by atoms with van der Waals surface area (Å²) in [6.45, 7) is 0. The molecule has 1 unspecified atom stereocenters. The molecule has 3 fully saturated rings. The number of ether oxygens (including phenoxy) is 1. The minimum absolute atomic E-state index is 0.0313. The summed E-state index contributed by atoms with van der Waals surface area (Å²) in [4.78, 5) is 0. The molecule has 0 spiro atoms. The Balaban J connectivity index is 1.60. The molecule has 0 aromatic rings. The molecule has 2 saturated carbocycles. The molecule has 1 aliphatic heterocycles. The molecule has 4 heteroatoms. The summed E-state index contributed by atoms with van der Waals surface area (Å²) < 4.78 is 5.37. The fourth-order valence-corrected chi connectivity index (χ4v) is 3.36. The Bertz CT molecular complexity index is 276. The molecule has 3 aliphatic rings. The molecule has 0 aromatic carbocycles. The lowest BCUT2D eigenvalue weighted by molar-refractivity contribution is -0.0951. The van der Waals surface area contributed by atoms with Gasteiger partial charge in [0.25, 0.3) is 0 Å². The Morgan fingerprint density at radius 2 is 1.94 bits per heavy atom. The summed E-state index contributed by atoms with van der Waals surface area (Å²) in [5.74, 6) is 0.485. The minimum Gasteiger partial charge on any atom is -0.393 e. The van der Waals surface area contributed by atoms with Gasteiger partial charge >= 0.3 is 0 Å². The third kappa shape index (κ3) is 1.88. The maximum atomic E-state index is 9.96. The van der Waals surface area contributed by atoms with Crippen molar-refractivity contribution in [1.82, 2.24) is 0 Å². The standard InChI is InChI=1S/C12H20O4/c13-9-6-10-8(5-11(14)16-10)7(9)1-2-12(15)3-4-12/h7-11,13-15H,1-6H2/t7-,8-,9+,10+,11?/m1/s1. The Kier molecular flexibility index (Phi) is 2.51. The van der Waals surface area contributed by atoms with Crippen molar-refractivity contribution in [1.29, 1.82) is 0 Å². The van der Waals surface area contributed by atoms with Gasteiger partial charge in [-0.15, -0.1) is 0 Å². The summed E-state index contributed by atoms with van der Waals surface area (Å²) in [5.41, 5.74) is -0.435. The van der Waals surface area contributed by atoms with Crippen LogP contribution in [0.3, 0.4) is 0 Å². The Morgan fingerprint density at radius 3 is 2.62 bits per heavy atom. The van der Waals surface area contributed by atoms with Crippen LogP contribution >= 0.6 is 0 Å². The molecule has 1 heterocycles. The van der Waals surface area contributed by atoms with Gasteiger partial charge in [-0.05, 0) is 37.5 Å². The van der Waals surface area contributed by atoms with E-state index in [1.54, 1.807) is 0 Å². The average Bonchev–Trinajstić information content (AvgIpc) is 2.73. The first kappa shape index (κ1) is 11.0. The van der Waals surface area contributed by atoms with E-state index in [9.17, 15) is 15.3 Å². The predicted octanol–water partition coefficient (Wildman–Crippen LogP) is 0.396. The minimum atomic E-state index is -0.644. The number of hydrogen-bond acceptors (Lipinski definition) is 4. The maximum Gasteiger partial charge on any atom is 0.155 e. The average molecular weight is 228 g/mol. The van der Waals surface area contributed by atoms with Crippen LogP contribution in [0.25, 0.3) is 0 Å². The van der Waals surface area contributed by atoms with Gasteiger partial charge in [0.1, 0.15) is 0 Å². The van der Waals surface area contributed by atoms with Crippen LogP contribution in [0.5, 0.6) is 0 Å². The fraction of sp³-hybridized carbons (Fsp3) is 1.00. The van der Waals surface area contributed by atoms with Crippen LogP contribution in [0, 0.1) is 11.8 Å². The molecule has 2 aliphatic carbocycles. The molecule has 0 radical (unpaired) electrons. The molecule has 0 aromatic heterocycles. The molecule has 5 atom stereocenters. The van der Waals surface area contributed by atoms with E-state index >= 15 is 0 Å². The van der Waals surface area contributed by atoms with Gasteiger partial charge < -0.3 is 20.1 Å². The number of aliphatic hydroxyl groups is 3. The Hall–Kier alpha value is -0.160. The summed E-state index contributed by atoms with van der Waals surface area (Å²) in [7, 11) is 0. The Labute approximate surface area is 95.2 Å². The predicted molar refractivity (Wildman–Crippen MR) is 56.5 cm³/mol. The van der Waals surface area contributed by atoms with E-state index in [2.05, 4.69) is 0 Å². The molecule has 3 rings (SSSR count). The molecule has 0 amide bonds. The van der Waals surface area contributed by atoms with E-state index in [4.69, 9.17) is 4.74 Å². The van der Waals surface area contributed by atoms with Crippen LogP contribution in [-0.4, -0.2) is 39.4 Å². The van der Waals surface area contributed by atoms with Crippen LogP contribution in [-0.2, 0) is 4.74 Å². The second-order valence-corrected chi connectivity index (χ2v) is 5.76. The topological polar surface area (TPSA) is 69.9 Å². The summed E-state index contributed by atoms with van der Waals surface area (Å²) in [6.07, 6.45) is 3.81. The van der Waals surface area contributed by atoms with Gasteiger partial charge in [0.15, 0.2) is 6.29 Å². The van der Waals surface area contributed by atoms with Gasteiger partial charge in [0, 0.05) is 12.8 Å². The van der Waals surface area contributed by atoms with Crippen LogP contribution in [0.4, 0.5) is 0 Å². The lowest BCUT2D eigenvalue weighted by Crippen LogP contribution is -2.22. The lowest BCUT2D eigenvalue weighted by atomic mass is 9.87. The summed E-state index contributed by atoms with van der Waals surface area (Å²) >= 11 is 0. The monoisotopic (exact) mass is 228 g/mol. The highest BCUT2D eigenvalue weighted by Gasteiger charge is 2.50. The highest BCUT2D eigenvalue weighted by atomic mass is 16.6. The SMILES string of the molecule is OC1C[C@@H]2[C@@H](CCC3(O)CC3)[C@@H](O)C[C@@H]2O1. The number of rotatable bonds is 3. The van der Waals surface area contributed by atoms with Crippen molar-refractivity contribution >= 4 is 0 Å². The first-order chi connectivity index (χ1) is 7.57. The maximum absolute atomic E-state index is 9.96. The van der Waals surface area contributed by atoms with E-state index < -0.39 is 11.9 Å². The smallest absolute Gasteiger partial charge is 0.155 e. The van der Waals surface area contributed by atoms with Crippen LogP contribution in [0.1, 0.15) is 38.5 Å². The molecule has 92 valence electrons. The van der Waals surface area contributed by atoms with Gasteiger partial charge in [-0.2, -0.15) is 0 Å². The second kappa shape index (κ2) is 3.67. The Morgan fingerprint density at radius 1 is 1.19 bits per heavy atom. The van der Waals surface area contributed by atoms with E-state index in [0.717, 1.165) is 25.7 Å². The number of aliphatic hydroxyl groups excluding tert-OH is 2. The van der Waals surface area contributed by atoms with E-state index in [1.807, 2.05) is 0 Å². The van der Waals surface area contributed by atoms with Crippen molar-refractivity contribution < 1.29 is 20.1 Å². The molecular formula is C12H20O4. The van der Waals surface area contributed by atoms with Crippen LogP contribution in [0.15, 0.2) is 0 Å². The van der Waals surface area contributed by atoms with Crippen molar-refractivity contribution in [2.45, 2.75) is 62.6 Å². The lowest BCUT2D eigenvalue weighted by Gasteiger charge is -2.21. The van der Waals surface area contributed by atoms with Crippen molar-refractivity contribution in [3.8, 4) is 0 Å². The van der Waals surface area contributed by atoms with E-state index in [1.165, 1.54) is 0 Å². The molecule has 0 bridgehead atoms. The molecule has 4 nitrogen and oxygen atoms in total. The fourth-order valence-electron chi connectivity index (χ4n) is 3.36. The largest absolute Gasteiger partial charge is 0.393 e. The molecule has 3 N–H and O–H groups in total. The molecule has 16 heavy (non-hydrogen) atoms. The van der Waals surface area contributed by atoms with Crippen molar-refractivity contribution in [3.63, 3.8) is 0 Å². The number of fused-ring (bicyclic) bond motifs is 1. The third-order valence-electron chi connectivity index (χ3n) is 4.57. The third-order valence-corrected chi connectivity index (χ3v) is 4.57. The van der Waals surface area contributed by atoms with Crippen molar-refractivity contribution in [3.05, 3.63) is 0 Å². The highest BCUT2D eigenvalue weighted by Crippen LogP contribution is 2.47. The molecule has 1 saturated heterocycles. The van der Waals surface area contributed by atoms with Gasteiger partial charge in [0.05, 0.1) is 17.8 Å². The molecular weight excluding hydrogens is 208 g/mol.